The molecule has 4 rings (SSSR count). The number of halogens is 1. The minimum atomic E-state index is -0.198. The molecule has 2 aromatic heterocycles. The first kappa shape index (κ1) is 15.0. The van der Waals surface area contributed by atoms with E-state index in [1.54, 1.807) is 16.6 Å². The molecule has 1 amide bonds. The van der Waals surface area contributed by atoms with Gasteiger partial charge in [0.05, 0.1) is 11.9 Å². The lowest BCUT2D eigenvalue weighted by Crippen LogP contribution is -2.11. The third kappa shape index (κ3) is 2.95. The topological polar surface area (TPSA) is 59.3 Å². The number of rotatable bonds is 3. The minimum Gasteiger partial charge on any atom is -0.296 e. The summed E-state index contributed by atoms with van der Waals surface area (Å²) in [5, 5.41) is 7.70. The summed E-state index contributed by atoms with van der Waals surface area (Å²) >= 11 is 4.70. The van der Waals surface area contributed by atoms with Crippen LogP contribution in [0.3, 0.4) is 0 Å². The van der Waals surface area contributed by atoms with Crippen molar-refractivity contribution in [3.8, 4) is 11.3 Å². The van der Waals surface area contributed by atoms with Crippen LogP contribution in [-0.4, -0.2) is 20.5 Å². The van der Waals surface area contributed by atoms with Crippen molar-refractivity contribution in [3.63, 3.8) is 0 Å². The summed E-state index contributed by atoms with van der Waals surface area (Å²) in [4.78, 5) is 17.6. The van der Waals surface area contributed by atoms with Crippen LogP contribution >= 0.6 is 27.3 Å². The molecule has 0 spiro atoms. The number of benzene rings is 2. The molecule has 0 saturated heterocycles. The van der Waals surface area contributed by atoms with Crippen molar-refractivity contribution >= 4 is 43.3 Å². The number of nitrogens with one attached hydrogen (secondary N) is 1. The van der Waals surface area contributed by atoms with E-state index in [-0.39, 0.29) is 5.91 Å². The van der Waals surface area contributed by atoms with Gasteiger partial charge in [0.25, 0.3) is 5.91 Å². The summed E-state index contributed by atoms with van der Waals surface area (Å²) in [7, 11) is 0. The van der Waals surface area contributed by atoms with E-state index < -0.39 is 0 Å². The summed E-state index contributed by atoms with van der Waals surface area (Å²) in [5.74, 6) is -0.198. The van der Waals surface area contributed by atoms with E-state index in [1.165, 1.54) is 11.3 Å². The van der Waals surface area contributed by atoms with Crippen molar-refractivity contribution in [1.82, 2.24) is 14.6 Å². The standard InChI is InChI=1S/C17H11BrN4OS/c18-13-8-4-7-12(9-13)15(23)20-16-21-22-10-14(19-17(22)24-16)11-5-2-1-3-6-11/h1-10H,(H,20,21,23). The van der Waals surface area contributed by atoms with Gasteiger partial charge in [-0.25, -0.2) is 9.50 Å². The molecule has 1 N–H and O–H groups in total. The number of carbonyl (C=O) groups excluding carboxylic acids is 1. The van der Waals surface area contributed by atoms with Crippen LogP contribution in [0, 0.1) is 0 Å². The highest BCUT2D eigenvalue weighted by atomic mass is 79.9. The Morgan fingerprint density at radius 2 is 1.96 bits per heavy atom. The van der Waals surface area contributed by atoms with E-state index in [9.17, 15) is 4.79 Å². The molecule has 0 aliphatic carbocycles. The molecule has 0 aliphatic heterocycles. The number of amides is 1. The molecular formula is C17H11BrN4OS. The molecule has 5 nitrogen and oxygen atoms in total. The van der Waals surface area contributed by atoms with Gasteiger partial charge in [-0.1, -0.05) is 63.7 Å². The van der Waals surface area contributed by atoms with Crippen LogP contribution in [-0.2, 0) is 0 Å². The maximum atomic E-state index is 12.3. The Balaban J connectivity index is 1.58. The summed E-state index contributed by atoms with van der Waals surface area (Å²) in [5.41, 5.74) is 2.47. The van der Waals surface area contributed by atoms with Gasteiger partial charge in [0.2, 0.25) is 10.1 Å². The van der Waals surface area contributed by atoms with Crippen molar-refractivity contribution in [3.05, 3.63) is 70.8 Å². The number of anilines is 1. The summed E-state index contributed by atoms with van der Waals surface area (Å²) in [6.45, 7) is 0. The van der Waals surface area contributed by atoms with Gasteiger partial charge in [-0.15, -0.1) is 5.10 Å². The molecule has 0 saturated carbocycles. The van der Waals surface area contributed by atoms with E-state index >= 15 is 0 Å². The summed E-state index contributed by atoms with van der Waals surface area (Å²) < 4.78 is 2.54. The highest BCUT2D eigenvalue weighted by Crippen LogP contribution is 2.24. The summed E-state index contributed by atoms with van der Waals surface area (Å²) in [6, 6.07) is 17.1. The number of fused-ring (bicyclic) bond motifs is 1. The number of carbonyl (C=O) groups is 1. The predicted molar refractivity (Wildman–Crippen MR) is 98.4 cm³/mol. The first-order valence-electron chi connectivity index (χ1n) is 7.17. The quantitative estimate of drug-likeness (QED) is 0.553. The Kier molecular flexibility index (Phi) is 3.87. The van der Waals surface area contributed by atoms with Crippen LogP contribution in [0.25, 0.3) is 16.2 Å². The highest BCUT2D eigenvalue weighted by Gasteiger charge is 2.13. The van der Waals surface area contributed by atoms with Crippen LogP contribution in [0.5, 0.6) is 0 Å². The number of hydrogen-bond donors (Lipinski definition) is 1. The largest absolute Gasteiger partial charge is 0.296 e. The normalized spacial score (nSPS) is 10.9. The molecule has 0 fully saturated rings. The van der Waals surface area contributed by atoms with Crippen LogP contribution in [0.15, 0.2) is 65.3 Å². The Hall–Kier alpha value is -2.51. The fraction of sp³-hybridized carbons (Fsp3) is 0. The van der Waals surface area contributed by atoms with Gasteiger partial charge in [0.15, 0.2) is 0 Å². The molecule has 118 valence electrons. The van der Waals surface area contributed by atoms with E-state index in [4.69, 9.17) is 0 Å². The number of imidazole rings is 1. The second-order valence-corrected chi connectivity index (χ2v) is 6.96. The maximum absolute atomic E-state index is 12.3. The SMILES string of the molecule is O=C(Nc1nn2cc(-c3ccccc3)nc2s1)c1cccc(Br)c1. The van der Waals surface area contributed by atoms with Crippen LogP contribution in [0.4, 0.5) is 5.13 Å². The monoisotopic (exact) mass is 398 g/mol. The average Bonchev–Trinajstić information content (AvgIpc) is 3.14. The molecule has 0 bridgehead atoms. The molecule has 24 heavy (non-hydrogen) atoms. The lowest BCUT2D eigenvalue weighted by atomic mass is 10.2. The Morgan fingerprint density at radius 1 is 1.12 bits per heavy atom. The molecule has 2 aromatic carbocycles. The first-order valence-corrected chi connectivity index (χ1v) is 8.78. The second-order valence-electron chi connectivity index (χ2n) is 5.09. The van der Waals surface area contributed by atoms with Crippen molar-refractivity contribution in [2.45, 2.75) is 0 Å². The Morgan fingerprint density at radius 3 is 2.71 bits per heavy atom. The van der Waals surface area contributed by atoms with Gasteiger partial charge >= 0.3 is 0 Å². The molecule has 0 radical (unpaired) electrons. The molecule has 0 aliphatic rings. The lowest BCUT2D eigenvalue weighted by Gasteiger charge is -2.01. The number of hydrogen-bond acceptors (Lipinski definition) is 4. The number of aromatic nitrogens is 3. The second kappa shape index (κ2) is 6.18. The fourth-order valence-electron chi connectivity index (χ4n) is 2.30. The molecule has 2 heterocycles. The maximum Gasteiger partial charge on any atom is 0.257 e. The van der Waals surface area contributed by atoms with Gasteiger partial charge in [0, 0.05) is 15.6 Å². The van der Waals surface area contributed by atoms with E-state index in [1.807, 2.05) is 48.7 Å². The van der Waals surface area contributed by atoms with E-state index in [2.05, 4.69) is 31.3 Å². The van der Waals surface area contributed by atoms with Crippen molar-refractivity contribution in [1.29, 1.82) is 0 Å². The fourth-order valence-corrected chi connectivity index (χ4v) is 3.47. The third-order valence-electron chi connectivity index (χ3n) is 3.42. The van der Waals surface area contributed by atoms with Crippen molar-refractivity contribution in [2.75, 3.05) is 5.32 Å². The van der Waals surface area contributed by atoms with Crippen molar-refractivity contribution < 1.29 is 4.79 Å². The Bertz CT molecular complexity index is 994. The van der Waals surface area contributed by atoms with Crippen molar-refractivity contribution in [2.24, 2.45) is 0 Å². The zero-order valence-electron chi connectivity index (χ0n) is 12.3. The third-order valence-corrected chi connectivity index (χ3v) is 4.75. The number of nitrogens with zero attached hydrogens (tertiary/aromatic N) is 3. The first-order chi connectivity index (χ1) is 11.7. The smallest absolute Gasteiger partial charge is 0.257 e. The molecule has 4 aromatic rings. The van der Waals surface area contributed by atoms with Crippen LogP contribution in [0.1, 0.15) is 10.4 Å². The van der Waals surface area contributed by atoms with Crippen LogP contribution in [0.2, 0.25) is 0 Å². The van der Waals surface area contributed by atoms with Gasteiger partial charge in [-0.2, -0.15) is 0 Å². The molecule has 0 unspecified atom stereocenters. The molecular weight excluding hydrogens is 388 g/mol. The zero-order chi connectivity index (χ0) is 16.5. The van der Waals surface area contributed by atoms with E-state index in [0.29, 0.717) is 10.7 Å². The van der Waals surface area contributed by atoms with Gasteiger partial charge in [-0.05, 0) is 18.2 Å². The van der Waals surface area contributed by atoms with Gasteiger partial charge in [-0.3, -0.25) is 10.1 Å². The average molecular weight is 399 g/mol. The summed E-state index contributed by atoms with van der Waals surface area (Å²) in [6.07, 6.45) is 1.86. The Labute approximate surface area is 150 Å². The zero-order valence-corrected chi connectivity index (χ0v) is 14.7. The molecule has 7 heteroatoms. The highest BCUT2D eigenvalue weighted by molar-refractivity contribution is 9.10. The van der Waals surface area contributed by atoms with Crippen LogP contribution < -0.4 is 5.32 Å². The van der Waals surface area contributed by atoms with E-state index in [0.717, 1.165) is 20.7 Å². The molecule has 0 atom stereocenters. The minimum absolute atomic E-state index is 0.198. The lowest BCUT2D eigenvalue weighted by molar-refractivity contribution is 0.102. The van der Waals surface area contributed by atoms with Gasteiger partial charge < -0.3 is 0 Å². The predicted octanol–water partition coefficient (Wildman–Crippen LogP) is 4.47. The van der Waals surface area contributed by atoms with Gasteiger partial charge in [0.1, 0.15) is 0 Å².